The highest BCUT2D eigenvalue weighted by Gasteiger charge is 2.32. The number of amides is 2. The number of carbonyl (C=O) groups excluding carboxylic acids is 2. The van der Waals surface area contributed by atoms with Crippen LogP contribution >= 0.6 is 0 Å². The number of hydrogen-bond donors (Lipinski definition) is 3. The molecule has 1 fully saturated rings. The van der Waals surface area contributed by atoms with E-state index < -0.39 is 6.04 Å². The van der Waals surface area contributed by atoms with Gasteiger partial charge in [-0.15, -0.1) is 0 Å². The summed E-state index contributed by atoms with van der Waals surface area (Å²) in [5.74, 6) is 0.112. The summed E-state index contributed by atoms with van der Waals surface area (Å²) >= 11 is 0. The Bertz CT molecular complexity index is 320. The fraction of sp³-hybridized carbons (Fsp3) is 0.857. The van der Waals surface area contributed by atoms with Crippen molar-refractivity contribution in [3.05, 3.63) is 0 Å². The van der Waals surface area contributed by atoms with Gasteiger partial charge in [-0.1, -0.05) is 13.8 Å². The minimum Gasteiger partial charge on any atom is -0.354 e. The highest BCUT2D eigenvalue weighted by Crippen LogP contribution is 2.29. The summed E-state index contributed by atoms with van der Waals surface area (Å²) in [6.07, 6.45) is 3.57. The molecule has 1 saturated carbocycles. The Morgan fingerprint density at radius 2 is 2.05 bits per heavy atom. The van der Waals surface area contributed by atoms with Gasteiger partial charge in [0.15, 0.2) is 0 Å². The van der Waals surface area contributed by atoms with Gasteiger partial charge in [0.1, 0.15) is 6.04 Å². The molecule has 0 aromatic carbocycles. The molecule has 0 radical (unpaired) electrons. The first-order valence-electron chi connectivity index (χ1n) is 7.29. The summed E-state index contributed by atoms with van der Waals surface area (Å²) in [6.45, 7) is 6.44. The Morgan fingerprint density at radius 3 is 2.68 bits per heavy atom. The van der Waals surface area contributed by atoms with Gasteiger partial charge in [0, 0.05) is 18.5 Å². The molecular weight excluding hydrogens is 242 g/mol. The molecule has 0 saturated heterocycles. The smallest absolute Gasteiger partial charge is 0.242 e. The topological polar surface area (TPSA) is 84.2 Å². The quantitative estimate of drug-likeness (QED) is 0.689. The van der Waals surface area contributed by atoms with Gasteiger partial charge in [-0.25, -0.2) is 0 Å². The maximum absolute atomic E-state index is 12.2. The molecule has 4 N–H and O–H groups in total. The SMILES string of the molecule is CCCNC(=O)C(C)NC(=O)C1CC(N)CCC1C. The molecule has 110 valence electrons. The van der Waals surface area contributed by atoms with E-state index in [1.165, 1.54) is 0 Å². The summed E-state index contributed by atoms with van der Waals surface area (Å²) in [5.41, 5.74) is 5.92. The van der Waals surface area contributed by atoms with Gasteiger partial charge in [0.05, 0.1) is 0 Å². The standard InChI is InChI=1S/C14H27N3O2/c1-4-7-16-13(18)10(3)17-14(19)12-8-11(15)6-5-9(12)2/h9-12H,4-8,15H2,1-3H3,(H,16,18)(H,17,19). The molecule has 0 bridgehead atoms. The fourth-order valence-corrected chi connectivity index (χ4v) is 2.51. The summed E-state index contributed by atoms with van der Waals surface area (Å²) in [4.78, 5) is 23.9. The molecule has 2 amide bonds. The van der Waals surface area contributed by atoms with Crippen LogP contribution in [0.3, 0.4) is 0 Å². The molecule has 4 atom stereocenters. The maximum atomic E-state index is 12.2. The van der Waals surface area contributed by atoms with Crippen molar-refractivity contribution in [2.24, 2.45) is 17.6 Å². The number of carbonyl (C=O) groups is 2. The van der Waals surface area contributed by atoms with Crippen LogP contribution in [0.4, 0.5) is 0 Å². The Kier molecular flexibility index (Phi) is 6.28. The van der Waals surface area contributed by atoms with Gasteiger partial charge in [0.2, 0.25) is 11.8 Å². The number of nitrogens with two attached hydrogens (primary N) is 1. The second-order valence-electron chi connectivity index (χ2n) is 5.68. The molecule has 0 aliphatic heterocycles. The van der Waals surface area contributed by atoms with E-state index in [0.717, 1.165) is 25.7 Å². The van der Waals surface area contributed by atoms with Gasteiger partial charge in [-0.3, -0.25) is 9.59 Å². The molecule has 0 spiro atoms. The molecule has 0 aromatic rings. The summed E-state index contributed by atoms with van der Waals surface area (Å²) in [7, 11) is 0. The van der Waals surface area contributed by atoms with E-state index in [-0.39, 0.29) is 23.8 Å². The second-order valence-corrected chi connectivity index (χ2v) is 5.68. The van der Waals surface area contributed by atoms with Crippen molar-refractivity contribution >= 4 is 11.8 Å². The highest BCUT2D eigenvalue weighted by atomic mass is 16.2. The zero-order valence-corrected chi connectivity index (χ0v) is 12.2. The van der Waals surface area contributed by atoms with Crippen LogP contribution in [0.15, 0.2) is 0 Å². The van der Waals surface area contributed by atoms with Crippen molar-refractivity contribution in [3.8, 4) is 0 Å². The predicted octanol–water partition coefficient (Wildman–Crippen LogP) is 0.781. The van der Waals surface area contributed by atoms with Crippen molar-refractivity contribution in [1.82, 2.24) is 10.6 Å². The van der Waals surface area contributed by atoms with Crippen molar-refractivity contribution in [1.29, 1.82) is 0 Å². The molecule has 1 rings (SSSR count). The van der Waals surface area contributed by atoms with Crippen LogP contribution in [0.25, 0.3) is 0 Å². The lowest BCUT2D eigenvalue weighted by atomic mass is 9.77. The molecule has 1 aliphatic rings. The van der Waals surface area contributed by atoms with Crippen molar-refractivity contribution in [3.63, 3.8) is 0 Å². The first-order valence-corrected chi connectivity index (χ1v) is 7.29. The van der Waals surface area contributed by atoms with Gasteiger partial charge < -0.3 is 16.4 Å². The van der Waals surface area contributed by atoms with Crippen LogP contribution in [-0.2, 0) is 9.59 Å². The predicted molar refractivity (Wildman–Crippen MR) is 75.4 cm³/mol. The van der Waals surface area contributed by atoms with E-state index in [1.54, 1.807) is 6.92 Å². The monoisotopic (exact) mass is 269 g/mol. The molecule has 0 heterocycles. The van der Waals surface area contributed by atoms with E-state index in [1.807, 2.05) is 6.92 Å². The fourth-order valence-electron chi connectivity index (χ4n) is 2.51. The van der Waals surface area contributed by atoms with Crippen molar-refractivity contribution < 1.29 is 9.59 Å². The van der Waals surface area contributed by atoms with Crippen LogP contribution in [0.5, 0.6) is 0 Å². The first kappa shape index (κ1) is 16.0. The van der Waals surface area contributed by atoms with E-state index in [4.69, 9.17) is 5.73 Å². The van der Waals surface area contributed by atoms with Crippen LogP contribution in [0.1, 0.15) is 46.5 Å². The first-order chi connectivity index (χ1) is 8.95. The molecule has 5 nitrogen and oxygen atoms in total. The second kappa shape index (κ2) is 7.48. The number of rotatable bonds is 5. The lowest BCUT2D eigenvalue weighted by Crippen LogP contribution is -2.49. The maximum Gasteiger partial charge on any atom is 0.242 e. The lowest BCUT2D eigenvalue weighted by molar-refractivity contribution is -0.132. The van der Waals surface area contributed by atoms with Crippen LogP contribution < -0.4 is 16.4 Å². The molecule has 19 heavy (non-hydrogen) atoms. The van der Waals surface area contributed by atoms with E-state index in [0.29, 0.717) is 12.5 Å². The van der Waals surface area contributed by atoms with Crippen molar-refractivity contribution in [2.75, 3.05) is 6.54 Å². The van der Waals surface area contributed by atoms with E-state index in [9.17, 15) is 9.59 Å². The number of nitrogens with one attached hydrogen (secondary N) is 2. The van der Waals surface area contributed by atoms with Gasteiger partial charge in [-0.05, 0) is 38.5 Å². The minimum absolute atomic E-state index is 0.0400. The Hall–Kier alpha value is -1.10. The molecule has 0 aromatic heterocycles. The van der Waals surface area contributed by atoms with Gasteiger partial charge in [-0.2, -0.15) is 0 Å². The third-order valence-electron chi connectivity index (χ3n) is 3.87. The molecule has 5 heteroatoms. The van der Waals surface area contributed by atoms with Crippen molar-refractivity contribution in [2.45, 2.75) is 58.5 Å². The third-order valence-corrected chi connectivity index (χ3v) is 3.87. The Morgan fingerprint density at radius 1 is 1.37 bits per heavy atom. The lowest BCUT2D eigenvalue weighted by Gasteiger charge is -2.32. The van der Waals surface area contributed by atoms with Gasteiger partial charge >= 0.3 is 0 Å². The summed E-state index contributed by atoms with van der Waals surface area (Å²) < 4.78 is 0. The zero-order chi connectivity index (χ0) is 14.4. The Balaban J connectivity index is 2.46. The largest absolute Gasteiger partial charge is 0.354 e. The summed E-state index contributed by atoms with van der Waals surface area (Å²) in [5, 5.41) is 5.58. The van der Waals surface area contributed by atoms with E-state index in [2.05, 4.69) is 17.6 Å². The van der Waals surface area contributed by atoms with Crippen LogP contribution in [0.2, 0.25) is 0 Å². The molecule has 4 unspecified atom stereocenters. The number of hydrogen-bond acceptors (Lipinski definition) is 3. The average Bonchev–Trinajstić information content (AvgIpc) is 2.38. The highest BCUT2D eigenvalue weighted by molar-refractivity contribution is 5.88. The Labute approximate surface area is 115 Å². The molecular formula is C14H27N3O2. The summed E-state index contributed by atoms with van der Waals surface area (Å²) in [6, 6.07) is -0.374. The normalized spacial score (nSPS) is 28.5. The zero-order valence-electron chi connectivity index (χ0n) is 12.2. The molecule has 1 aliphatic carbocycles. The van der Waals surface area contributed by atoms with Gasteiger partial charge in [0.25, 0.3) is 0 Å². The van der Waals surface area contributed by atoms with Crippen LogP contribution in [-0.4, -0.2) is 30.4 Å². The third kappa shape index (κ3) is 4.82. The van der Waals surface area contributed by atoms with E-state index >= 15 is 0 Å². The average molecular weight is 269 g/mol. The van der Waals surface area contributed by atoms with Crippen LogP contribution in [0, 0.1) is 11.8 Å². The minimum atomic E-state index is -0.482.